The molecule has 3 aromatic heterocycles. The molecular weight excluding hydrogens is 304 g/mol. The van der Waals surface area contributed by atoms with Crippen LogP contribution in [-0.2, 0) is 4.79 Å². The number of aromatic amines is 1. The van der Waals surface area contributed by atoms with Crippen molar-refractivity contribution in [3.05, 3.63) is 55.0 Å². The number of rotatable bonds is 4. The van der Waals surface area contributed by atoms with E-state index in [0.29, 0.717) is 5.88 Å². The average Bonchev–Trinajstić information content (AvgIpc) is 2.98. The molecule has 4 rings (SSSR count). The van der Waals surface area contributed by atoms with Crippen LogP contribution in [0.4, 0.5) is 0 Å². The summed E-state index contributed by atoms with van der Waals surface area (Å²) in [6, 6.07) is 11.8. The molecule has 6 nitrogen and oxygen atoms in total. The van der Waals surface area contributed by atoms with Crippen LogP contribution in [0.5, 0.6) is 5.88 Å². The van der Waals surface area contributed by atoms with Gasteiger partial charge in [-0.3, -0.25) is 9.78 Å². The number of fused-ring (bicyclic) bond motifs is 3. The summed E-state index contributed by atoms with van der Waals surface area (Å²) in [6.07, 6.45) is 5.34. The number of benzene rings is 1. The molecule has 0 spiro atoms. The predicted octanol–water partition coefficient (Wildman–Crippen LogP) is 2.64. The van der Waals surface area contributed by atoms with Crippen molar-refractivity contribution in [1.82, 2.24) is 15.0 Å². The monoisotopic (exact) mass is 318 g/mol. The Morgan fingerprint density at radius 3 is 2.71 bits per heavy atom. The molecule has 118 valence electrons. The lowest BCUT2D eigenvalue weighted by atomic mass is 10.1. The maximum absolute atomic E-state index is 10.7. The summed E-state index contributed by atoms with van der Waals surface area (Å²) in [6.45, 7) is -0.179. The molecule has 0 saturated carbocycles. The molecule has 0 aliphatic rings. The molecule has 0 atom stereocenters. The van der Waals surface area contributed by atoms with Gasteiger partial charge in [0.2, 0.25) is 5.88 Å². The van der Waals surface area contributed by atoms with Gasteiger partial charge >= 0.3 is 0 Å². The summed E-state index contributed by atoms with van der Waals surface area (Å²) in [5, 5.41) is 2.24. The van der Waals surface area contributed by atoms with E-state index in [1.165, 1.54) is 0 Å². The van der Waals surface area contributed by atoms with E-state index in [4.69, 9.17) is 10.5 Å². The number of H-pyrrole nitrogens is 1. The average molecular weight is 318 g/mol. The second-order valence-corrected chi connectivity index (χ2v) is 5.45. The second-order valence-electron chi connectivity index (χ2n) is 5.45. The molecule has 3 heterocycles. The van der Waals surface area contributed by atoms with Crippen LogP contribution in [0, 0.1) is 0 Å². The van der Waals surface area contributed by atoms with Crippen molar-refractivity contribution < 1.29 is 9.53 Å². The quantitative estimate of drug-likeness (QED) is 0.605. The SMILES string of the molecule is NC(=O)COc1ccc(-c2ccc3c(c2)[nH]c2ccncc23)cn1. The number of nitrogens with one attached hydrogen (secondary N) is 1. The number of nitrogens with two attached hydrogens (primary N) is 1. The molecule has 6 heteroatoms. The van der Waals surface area contributed by atoms with Gasteiger partial charge in [-0.15, -0.1) is 0 Å². The van der Waals surface area contributed by atoms with Gasteiger partial charge in [-0.2, -0.15) is 0 Å². The smallest absolute Gasteiger partial charge is 0.255 e. The van der Waals surface area contributed by atoms with E-state index in [0.717, 1.165) is 32.9 Å². The van der Waals surface area contributed by atoms with Crippen LogP contribution in [0.2, 0.25) is 0 Å². The fraction of sp³-hybridized carbons (Fsp3) is 0.0556. The normalized spacial score (nSPS) is 11.0. The molecule has 0 aliphatic carbocycles. The van der Waals surface area contributed by atoms with Crippen LogP contribution in [0.15, 0.2) is 55.0 Å². The van der Waals surface area contributed by atoms with Gasteiger partial charge in [-0.25, -0.2) is 4.98 Å². The number of hydrogen-bond acceptors (Lipinski definition) is 4. The summed E-state index contributed by atoms with van der Waals surface area (Å²) >= 11 is 0. The van der Waals surface area contributed by atoms with E-state index in [1.807, 2.05) is 24.4 Å². The predicted molar refractivity (Wildman–Crippen MR) is 91.5 cm³/mol. The van der Waals surface area contributed by atoms with Crippen molar-refractivity contribution in [3.8, 4) is 17.0 Å². The van der Waals surface area contributed by atoms with Crippen LogP contribution < -0.4 is 10.5 Å². The number of aromatic nitrogens is 3. The highest BCUT2D eigenvalue weighted by Crippen LogP contribution is 2.29. The van der Waals surface area contributed by atoms with Gasteiger partial charge in [-0.05, 0) is 23.8 Å². The van der Waals surface area contributed by atoms with Crippen LogP contribution in [0.25, 0.3) is 32.9 Å². The summed E-state index contributed by atoms with van der Waals surface area (Å²) < 4.78 is 5.17. The number of carbonyl (C=O) groups excluding carboxylic acids is 1. The highest BCUT2D eigenvalue weighted by atomic mass is 16.5. The highest BCUT2D eigenvalue weighted by Gasteiger charge is 2.07. The van der Waals surface area contributed by atoms with Crippen molar-refractivity contribution in [2.45, 2.75) is 0 Å². The minimum atomic E-state index is -0.528. The Hall–Kier alpha value is -3.41. The fourth-order valence-corrected chi connectivity index (χ4v) is 2.71. The standard InChI is InChI=1S/C18H14N4O2/c19-17(23)10-24-18-4-2-12(8-21-18)11-1-3-13-14-9-20-6-5-15(14)22-16(13)7-11/h1-9,22H,10H2,(H2,19,23). The summed E-state index contributed by atoms with van der Waals surface area (Å²) in [7, 11) is 0. The second kappa shape index (κ2) is 5.66. The maximum Gasteiger partial charge on any atom is 0.255 e. The molecule has 1 amide bonds. The Bertz CT molecular complexity index is 1040. The Kier molecular flexibility index (Phi) is 3.35. The Labute approximate surface area is 137 Å². The lowest BCUT2D eigenvalue weighted by Gasteiger charge is -2.05. The van der Waals surface area contributed by atoms with Gasteiger partial charge in [0.25, 0.3) is 5.91 Å². The van der Waals surface area contributed by atoms with Crippen molar-refractivity contribution in [2.24, 2.45) is 5.73 Å². The lowest BCUT2D eigenvalue weighted by molar-refractivity contribution is -0.120. The van der Waals surface area contributed by atoms with Gasteiger partial charge in [0, 0.05) is 52.0 Å². The number of nitrogens with zero attached hydrogens (tertiary/aromatic N) is 2. The molecule has 0 bridgehead atoms. The van der Waals surface area contributed by atoms with Crippen molar-refractivity contribution in [2.75, 3.05) is 6.61 Å². The summed E-state index contributed by atoms with van der Waals surface area (Å²) in [5.74, 6) is -0.157. The number of pyridine rings is 2. The first-order chi connectivity index (χ1) is 11.7. The highest BCUT2D eigenvalue weighted by molar-refractivity contribution is 6.07. The van der Waals surface area contributed by atoms with E-state index in [1.54, 1.807) is 18.5 Å². The third-order valence-electron chi connectivity index (χ3n) is 3.83. The van der Waals surface area contributed by atoms with E-state index >= 15 is 0 Å². The zero-order chi connectivity index (χ0) is 16.5. The molecular formula is C18H14N4O2. The van der Waals surface area contributed by atoms with E-state index in [-0.39, 0.29) is 6.61 Å². The summed E-state index contributed by atoms with van der Waals surface area (Å²) in [5.41, 5.74) is 9.15. The minimum absolute atomic E-state index is 0.179. The third-order valence-corrected chi connectivity index (χ3v) is 3.83. The Morgan fingerprint density at radius 1 is 1.04 bits per heavy atom. The number of hydrogen-bond donors (Lipinski definition) is 2. The number of primary amides is 1. The molecule has 0 fully saturated rings. The van der Waals surface area contributed by atoms with E-state index < -0.39 is 5.91 Å². The van der Waals surface area contributed by atoms with Crippen molar-refractivity contribution in [3.63, 3.8) is 0 Å². The third kappa shape index (κ3) is 2.54. The van der Waals surface area contributed by atoms with E-state index in [2.05, 4.69) is 27.1 Å². The Morgan fingerprint density at radius 2 is 1.92 bits per heavy atom. The van der Waals surface area contributed by atoms with Crippen LogP contribution in [0.1, 0.15) is 0 Å². The van der Waals surface area contributed by atoms with Gasteiger partial charge in [0.1, 0.15) is 0 Å². The number of carbonyl (C=O) groups is 1. The molecule has 4 aromatic rings. The number of ether oxygens (including phenoxy) is 1. The molecule has 3 N–H and O–H groups in total. The first kappa shape index (κ1) is 14.2. The molecule has 0 saturated heterocycles. The van der Waals surface area contributed by atoms with Crippen LogP contribution in [-0.4, -0.2) is 27.5 Å². The molecule has 0 aliphatic heterocycles. The molecule has 24 heavy (non-hydrogen) atoms. The largest absolute Gasteiger partial charge is 0.468 e. The maximum atomic E-state index is 10.7. The van der Waals surface area contributed by atoms with Gasteiger partial charge in [0.15, 0.2) is 6.61 Å². The Balaban J connectivity index is 1.68. The molecule has 1 aromatic carbocycles. The first-order valence-electron chi connectivity index (χ1n) is 7.44. The van der Waals surface area contributed by atoms with Crippen molar-refractivity contribution >= 4 is 27.7 Å². The van der Waals surface area contributed by atoms with Crippen LogP contribution >= 0.6 is 0 Å². The zero-order valence-electron chi connectivity index (χ0n) is 12.7. The lowest BCUT2D eigenvalue weighted by Crippen LogP contribution is -2.20. The van der Waals surface area contributed by atoms with E-state index in [9.17, 15) is 4.79 Å². The minimum Gasteiger partial charge on any atom is -0.468 e. The number of amides is 1. The zero-order valence-corrected chi connectivity index (χ0v) is 12.7. The first-order valence-corrected chi connectivity index (χ1v) is 7.44. The van der Waals surface area contributed by atoms with Gasteiger partial charge < -0.3 is 15.5 Å². The van der Waals surface area contributed by atoms with Gasteiger partial charge in [0.05, 0.1) is 0 Å². The summed E-state index contributed by atoms with van der Waals surface area (Å²) in [4.78, 5) is 22.5. The van der Waals surface area contributed by atoms with Gasteiger partial charge in [-0.1, -0.05) is 12.1 Å². The topological polar surface area (TPSA) is 93.9 Å². The molecule has 0 radical (unpaired) electrons. The van der Waals surface area contributed by atoms with Crippen molar-refractivity contribution in [1.29, 1.82) is 0 Å². The van der Waals surface area contributed by atoms with Crippen LogP contribution in [0.3, 0.4) is 0 Å². The fourth-order valence-electron chi connectivity index (χ4n) is 2.71. The molecule has 0 unspecified atom stereocenters.